The number of hydrogen-bond donors (Lipinski definition) is 3. The second-order valence-corrected chi connectivity index (χ2v) is 9.74. The highest BCUT2D eigenvalue weighted by Crippen LogP contribution is 2.32. The summed E-state index contributed by atoms with van der Waals surface area (Å²) in [5.41, 5.74) is 0. The Hall–Kier alpha value is -1.89. The van der Waals surface area contributed by atoms with E-state index in [1.165, 1.54) is 51.4 Å². The molecule has 3 N–H and O–H groups in total. The zero-order chi connectivity index (χ0) is 26.7. The molecule has 0 aromatic rings. The average molecular weight is 499 g/mol. The van der Waals surface area contributed by atoms with Crippen LogP contribution in [0.25, 0.3) is 0 Å². The number of carbonyl (C=O) groups is 3. The molecular formula is C28H52NO6+. The van der Waals surface area contributed by atoms with Gasteiger partial charge in [-0.2, -0.15) is 0 Å². The Morgan fingerprint density at radius 3 is 1.26 bits per heavy atom. The molecule has 0 saturated heterocycles. The smallest absolute Gasteiger partial charge is 0.362 e. The second-order valence-electron chi connectivity index (χ2n) is 9.74. The van der Waals surface area contributed by atoms with Gasteiger partial charge in [0.15, 0.2) is 18.1 Å². The van der Waals surface area contributed by atoms with E-state index < -0.39 is 40.5 Å². The van der Waals surface area contributed by atoms with Crippen LogP contribution >= 0.6 is 0 Å². The first-order valence-electron chi connectivity index (χ1n) is 13.9. The van der Waals surface area contributed by atoms with Crippen molar-refractivity contribution < 1.29 is 34.2 Å². The number of quaternary nitrogens is 1. The van der Waals surface area contributed by atoms with Gasteiger partial charge in [0.05, 0.1) is 6.54 Å². The Morgan fingerprint density at radius 2 is 0.914 bits per heavy atom. The summed E-state index contributed by atoms with van der Waals surface area (Å²) in [4.78, 5) is 36.6. The van der Waals surface area contributed by atoms with Crippen LogP contribution in [0.15, 0.2) is 12.2 Å². The molecule has 0 heterocycles. The van der Waals surface area contributed by atoms with Gasteiger partial charge in [-0.1, -0.05) is 91.2 Å². The first kappa shape index (κ1) is 33.1. The van der Waals surface area contributed by atoms with E-state index in [2.05, 4.69) is 19.1 Å². The third kappa shape index (κ3) is 11.1. The molecule has 0 saturated carbocycles. The SMILES string of the molecule is CCCCCCCCCCC/C=C/CCC[N+](C(CC)C(=O)O)(C(CC)C(=O)O)C(CC)C(=O)O. The molecule has 35 heavy (non-hydrogen) atoms. The maximum atomic E-state index is 12.2. The first-order chi connectivity index (χ1) is 16.7. The molecule has 3 atom stereocenters. The van der Waals surface area contributed by atoms with Gasteiger partial charge in [-0.05, 0) is 19.3 Å². The van der Waals surface area contributed by atoms with Crippen molar-refractivity contribution >= 4 is 17.9 Å². The zero-order valence-electron chi connectivity index (χ0n) is 22.7. The molecule has 0 aliphatic carbocycles. The molecule has 0 amide bonds. The monoisotopic (exact) mass is 498 g/mol. The van der Waals surface area contributed by atoms with Gasteiger partial charge in [0, 0.05) is 25.7 Å². The van der Waals surface area contributed by atoms with E-state index >= 15 is 0 Å². The fourth-order valence-electron chi connectivity index (χ4n) is 5.57. The van der Waals surface area contributed by atoms with Crippen LogP contribution < -0.4 is 0 Å². The van der Waals surface area contributed by atoms with Crippen molar-refractivity contribution in [3.8, 4) is 0 Å². The van der Waals surface area contributed by atoms with Crippen LogP contribution in [0.2, 0.25) is 0 Å². The number of allylic oxidation sites excluding steroid dienone is 2. The van der Waals surface area contributed by atoms with Gasteiger partial charge in [0.1, 0.15) is 0 Å². The van der Waals surface area contributed by atoms with Crippen LogP contribution in [0.3, 0.4) is 0 Å². The lowest BCUT2D eigenvalue weighted by atomic mass is 9.94. The van der Waals surface area contributed by atoms with E-state index in [9.17, 15) is 29.7 Å². The highest BCUT2D eigenvalue weighted by Gasteiger charge is 2.55. The van der Waals surface area contributed by atoms with Crippen molar-refractivity contribution in [2.75, 3.05) is 6.54 Å². The van der Waals surface area contributed by atoms with E-state index in [-0.39, 0.29) is 25.8 Å². The maximum absolute atomic E-state index is 12.2. The topological polar surface area (TPSA) is 112 Å². The molecule has 7 heteroatoms. The Morgan fingerprint density at radius 1 is 0.571 bits per heavy atom. The minimum absolute atomic E-state index is 0.178. The Balaban J connectivity index is 5.06. The molecule has 204 valence electrons. The Kier molecular flexibility index (Phi) is 18.3. The normalized spacial score (nSPS) is 16.0. The van der Waals surface area contributed by atoms with Gasteiger partial charge in [-0.25, -0.2) is 14.4 Å². The number of nitrogens with zero attached hydrogens (tertiary/aromatic N) is 1. The first-order valence-corrected chi connectivity index (χ1v) is 13.9. The molecule has 7 nitrogen and oxygen atoms in total. The summed E-state index contributed by atoms with van der Waals surface area (Å²) in [5, 5.41) is 29.9. The van der Waals surface area contributed by atoms with Gasteiger partial charge in [-0.15, -0.1) is 0 Å². The van der Waals surface area contributed by atoms with E-state index in [1.54, 1.807) is 20.8 Å². The highest BCUT2D eigenvalue weighted by atomic mass is 16.4. The summed E-state index contributed by atoms with van der Waals surface area (Å²) in [6.07, 6.45) is 18.6. The minimum atomic E-state index is -1.13. The van der Waals surface area contributed by atoms with Crippen molar-refractivity contribution in [2.45, 2.75) is 142 Å². The van der Waals surface area contributed by atoms with Gasteiger partial charge in [-0.3, -0.25) is 4.48 Å². The third-order valence-electron chi connectivity index (χ3n) is 7.31. The molecule has 0 aliphatic rings. The van der Waals surface area contributed by atoms with Crippen LogP contribution in [0.5, 0.6) is 0 Å². The maximum Gasteiger partial charge on any atom is 0.362 e. The van der Waals surface area contributed by atoms with Crippen LogP contribution in [0, 0.1) is 0 Å². The van der Waals surface area contributed by atoms with Crippen molar-refractivity contribution in [2.24, 2.45) is 0 Å². The van der Waals surface area contributed by atoms with Crippen molar-refractivity contribution in [1.29, 1.82) is 0 Å². The number of rotatable bonds is 23. The van der Waals surface area contributed by atoms with Gasteiger partial charge in [0.2, 0.25) is 0 Å². The predicted molar refractivity (Wildman–Crippen MR) is 140 cm³/mol. The summed E-state index contributed by atoms with van der Waals surface area (Å²) in [6.45, 7) is 7.53. The molecular weight excluding hydrogens is 446 g/mol. The summed E-state index contributed by atoms with van der Waals surface area (Å²) in [5.74, 6) is -3.39. The largest absolute Gasteiger partial charge is 0.477 e. The number of hydrogen-bond acceptors (Lipinski definition) is 3. The zero-order valence-corrected chi connectivity index (χ0v) is 22.7. The summed E-state index contributed by atoms with van der Waals surface area (Å²) >= 11 is 0. The standard InChI is InChI=1S/C28H51NO6/c1-5-9-10-11-12-13-14-15-16-17-18-19-20-21-22-29(23(6-2)26(30)31,24(7-3)27(32)33)25(8-4)28(34)35/h18-19,23-25H,5-17,20-22H2,1-4H3,(H2-,30,31,32,33,34,35)/p+1/b19-18+. The second kappa shape index (κ2) is 19.3. The third-order valence-corrected chi connectivity index (χ3v) is 7.31. The number of aliphatic carboxylic acids is 3. The molecule has 0 aliphatic heterocycles. The summed E-state index contributed by atoms with van der Waals surface area (Å²) in [7, 11) is 0. The minimum Gasteiger partial charge on any atom is -0.477 e. The van der Waals surface area contributed by atoms with Crippen molar-refractivity contribution in [1.82, 2.24) is 0 Å². The summed E-state index contributed by atoms with van der Waals surface area (Å²) in [6, 6.07) is -3.24. The Bertz CT molecular complexity index is 578. The van der Waals surface area contributed by atoms with Gasteiger partial charge >= 0.3 is 17.9 Å². The molecule has 0 aromatic carbocycles. The van der Waals surface area contributed by atoms with Crippen LogP contribution in [0.4, 0.5) is 0 Å². The molecule has 0 bridgehead atoms. The van der Waals surface area contributed by atoms with Crippen LogP contribution in [-0.4, -0.2) is 62.4 Å². The van der Waals surface area contributed by atoms with Crippen LogP contribution in [0.1, 0.15) is 124 Å². The van der Waals surface area contributed by atoms with E-state index in [4.69, 9.17) is 0 Å². The van der Waals surface area contributed by atoms with Gasteiger partial charge < -0.3 is 15.3 Å². The number of carboxylic acid groups (broad SMARTS) is 3. The van der Waals surface area contributed by atoms with Crippen LogP contribution in [-0.2, 0) is 14.4 Å². The average Bonchev–Trinajstić information content (AvgIpc) is 2.79. The lowest BCUT2D eigenvalue weighted by Crippen LogP contribution is -2.72. The lowest BCUT2D eigenvalue weighted by molar-refractivity contribution is -0.973. The summed E-state index contributed by atoms with van der Waals surface area (Å²) < 4.78 is -0.435. The number of carboxylic acids is 3. The van der Waals surface area contributed by atoms with Gasteiger partial charge in [0.25, 0.3) is 0 Å². The lowest BCUT2D eigenvalue weighted by Gasteiger charge is -2.49. The highest BCUT2D eigenvalue weighted by molar-refractivity contribution is 5.78. The molecule has 0 spiro atoms. The fourth-order valence-corrected chi connectivity index (χ4v) is 5.57. The van der Waals surface area contributed by atoms with E-state index in [1.807, 2.05) is 0 Å². The fraction of sp³-hybridized carbons (Fsp3) is 0.821. The molecule has 3 unspecified atom stereocenters. The molecule has 0 radical (unpaired) electrons. The number of unbranched alkanes of at least 4 members (excludes halogenated alkanes) is 10. The predicted octanol–water partition coefficient (Wildman–Crippen LogP) is 6.65. The molecule has 0 fully saturated rings. The molecule has 0 rings (SSSR count). The van der Waals surface area contributed by atoms with Crippen molar-refractivity contribution in [3.05, 3.63) is 12.2 Å². The quantitative estimate of drug-likeness (QED) is 0.0826. The van der Waals surface area contributed by atoms with E-state index in [0.29, 0.717) is 12.8 Å². The molecule has 0 aromatic heterocycles. The van der Waals surface area contributed by atoms with Crippen molar-refractivity contribution in [3.63, 3.8) is 0 Å². The Labute approximate surface area is 213 Å². The van der Waals surface area contributed by atoms with E-state index in [0.717, 1.165) is 12.8 Å².